The number of carbonyl (C=O) groups is 2. The zero-order valence-corrected chi connectivity index (χ0v) is 16.3. The summed E-state index contributed by atoms with van der Waals surface area (Å²) >= 11 is 1.19. The lowest BCUT2D eigenvalue weighted by atomic mass is 10.2. The van der Waals surface area contributed by atoms with Crippen LogP contribution in [-0.2, 0) is 9.53 Å². The maximum Gasteiger partial charge on any atom is 0.337 e. The van der Waals surface area contributed by atoms with Crippen LogP contribution in [0.2, 0.25) is 0 Å². The van der Waals surface area contributed by atoms with E-state index < -0.39 is 12.1 Å². The zero-order chi connectivity index (χ0) is 20.2. The first-order valence-electron chi connectivity index (χ1n) is 8.92. The minimum Gasteiger partial charge on any atom is -0.485 e. The Morgan fingerprint density at radius 1 is 1.31 bits per heavy atom. The lowest BCUT2D eigenvalue weighted by Crippen LogP contribution is -2.44. The van der Waals surface area contributed by atoms with Crippen LogP contribution in [-0.4, -0.2) is 47.7 Å². The summed E-state index contributed by atoms with van der Waals surface area (Å²) in [6.07, 6.45) is -0.514. The highest BCUT2D eigenvalue weighted by Crippen LogP contribution is 2.36. The fraction of sp³-hybridized carbons (Fsp3) is 0.333. The average Bonchev–Trinajstić information content (AvgIpc) is 3.21. The Balaban J connectivity index is 1.42. The number of para-hydroxylation sites is 2. The number of rotatable bonds is 6. The Bertz CT molecular complexity index is 959. The smallest absolute Gasteiger partial charge is 0.337 e. The predicted molar refractivity (Wildman–Crippen MR) is 101 cm³/mol. The Hall–Kier alpha value is -3.21. The van der Waals surface area contributed by atoms with E-state index in [4.69, 9.17) is 18.6 Å². The van der Waals surface area contributed by atoms with E-state index in [0.717, 1.165) is 0 Å². The minimum absolute atomic E-state index is 0.0995. The quantitative estimate of drug-likeness (QED) is 0.533. The molecule has 2 aromatic rings. The molecule has 4 rings (SSSR count). The fourth-order valence-corrected chi connectivity index (χ4v) is 3.51. The van der Waals surface area contributed by atoms with Crippen molar-refractivity contribution >= 4 is 23.8 Å². The molecule has 0 saturated heterocycles. The third-order valence-corrected chi connectivity index (χ3v) is 4.97. The van der Waals surface area contributed by atoms with Crippen molar-refractivity contribution in [3.63, 3.8) is 0 Å². The van der Waals surface area contributed by atoms with Gasteiger partial charge in [-0.05, 0) is 19.1 Å². The normalized spacial score (nSPS) is 18.1. The number of carbonyl (C=O) groups excluding carboxylic acids is 2. The number of hydrogen-bond donors (Lipinski definition) is 2. The topological polar surface area (TPSA) is 125 Å². The van der Waals surface area contributed by atoms with Crippen molar-refractivity contribution in [3.05, 3.63) is 41.4 Å². The molecule has 152 valence electrons. The van der Waals surface area contributed by atoms with Gasteiger partial charge in [0, 0.05) is 11.4 Å². The number of nitrogens with one attached hydrogen (secondary N) is 2. The van der Waals surface area contributed by atoms with Crippen LogP contribution in [0.3, 0.4) is 0 Å². The highest BCUT2D eigenvalue weighted by molar-refractivity contribution is 7.99. The molecule has 1 atom stereocenters. The molecule has 1 aromatic carbocycles. The summed E-state index contributed by atoms with van der Waals surface area (Å²) in [5, 5.41) is 13.5. The average molecular weight is 418 g/mol. The van der Waals surface area contributed by atoms with Crippen molar-refractivity contribution < 1.29 is 28.2 Å². The van der Waals surface area contributed by atoms with Crippen LogP contribution in [0.15, 0.2) is 45.2 Å². The van der Waals surface area contributed by atoms with Gasteiger partial charge in [0.15, 0.2) is 11.5 Å². The van der Waals surface area contributed by atoms with Crippen LogP contribution >= 0.6 is 11.8 Å². The molecule has 2 N–H and O–H groups in total. The lowest BCUT2D eigenvalue weighted by Gasteiger charge is -2.23. The van der Waals surface area contributed by atoms with Gasteiger partial charge < -0.3 is 29.3 Å². The minimum atomic E-state index is -0.514. The highest BCUT2D eigenvalue weighted by Gasteiger charge is 2.28. The van der Waals surface area contributed by atoms with Crippen LogP contribution in [0.1, 0.15) is 18.9 Å². The Morgan fingerprint density at radius 3 is 2.97 bits per heavy atom. The van der Waals surface area contributed by atoms with Gasteiger partial charge in [0.05, 0.1) is 18.7 Å². The van der Waals surface area contributed by atoms with Gasteiger partial charge in [-0.1, -0.05) is 23.9 Å². The summed E-state index contributed by atoms with van der Waals surface area (Å²) < 4.78 is 22.2. The SMILES string of the molecule is CCOC(=O)C1=C(CSc2nnc(C3COc4ccccc4O3)o2)NC(=O)NC1. The Morgan fingerprint density at radius 2 is 2.14 bits per heavy atom. The first-order chi connectivity index (χ1) is 14.1. The molecule has 11 heteroatoms. The van der Waals surface area contributed by atoms with Crippen LogP contribution in [0.25, 0.3) is 0 Å². The van der Waals surface area contributed by atoms with Crippen LogP contribution in [0.4, 0.5) is 4.79 Å². The summed E-state index contributed by atoms with van der Waals surface area (Å²) in [5.74, 6) is 1.34. The number of aromatic nitrogens is 2. The number of benzene rings is 1. The van der Waals surface area contributed by atoms with Crippen molar-refractivity contribution in [2.24, 2.45) is 0 Å². The molecule has 2 aliphatic rings. The van der Waals surface area contributed by atoms with Crippen molar-refractivity contribution in [2.75, 3.05) is 25.5 Å². The standard InChI is InChI=1S/C18H18N4O6S/c1-2-25-16(23)10-7-19-17(24)20-11(10)9-29-18-22-21-15(28-18)14-8-26-12-5-3-4-6-13(12)27-14/h3-6,14H,2,7-9H2,1H3,(H2,19,20,24). The van der Waals surface area contributed by atoms with E-state index in [1.54, 1.807) is 13.0 Å². The molecule has 0 spiro atoms. The van der Waals surface area contributed by atoms with Crippen LogP contribution in [0.5, 0.6) is 11.5 Å². The maximum absolute atomic E-state index is 12.1. The van der Waals surface area contributed by atoms with Gasteiger partial charge >= 0.3 is 12.0 Å². The largest absolute Gasteiger partial charge is 0.485 e. The van der Waals surface area contributed by atoms with Gasteiger partial charge in [0.25, 0.3) is 11.1 Å². The van der Waals surface area contributed by atoms with E-state index in [2.05, 4.69) is 20.8 Å². The second-order valence-electron chi connectivity index (χ2n) is 6.04. The second-order valence-corrected chi connectivity index (χ2v) is 6.97. The van der Waals surface area contributed by atoms with Crippen molar-refractivity contribution in [1.82, 2.24) is 20.8 Å². The summed E-state index contributed by atoms with van der Waals surface area (Å²) in [6.45, 7) is 2.32. The van der Waals surface area contributed by atoms with Crippen molar-refractivity contribution in [2.45, 2.75) is 18.3 Å². The molecule has 0 saturated carbocycles. The van der Waals surface area contributed by atoms with E-state index in [-0.39, 0.29) is 42.7 Å². The number of nitrogens with zero attached hydrogens (tertiary/aromatic N) is 2. The molecule has 2 amide bonds. The molecular weight excluding hydrogens is 400 g/mol. The molecular formula is C18H18N4O6S. The van der Waals surface area contributed by atoms with Gasteiger partial charge in [0.2, 0.25) is 6.10 Å². The predicted octanol–water partition coefficient (Wildman–Crippen LogP) is 1.80. The molecule has 0 bridgehead atoms. The molecule has 29 heavy (non-hydrogen) atoms. The van der Waals surface area contributed by atoms with Gasteiger partial charge in [-0.25, -0.2) is 9.59 Å². The van der Waals surface area contributed by atoms with Crippen LogP contribution < -0.4 is 20.1 Å². The Labute approximate surface area is 170 Å². The molecule has 1 unspecified atom stereocenters. The number of thioether (sulfide) groups is 1. The molecule has 0 radical (unpaired) electrons. The Kier molecular flexibility index (Phi) is 5.56. The van der Waals surface area contributed by atoms with E-state index in [1.807, 2.05) is 18.2 Å². The molecule has 2 aliphatic heterocycles. The third kappa shape index (κ3) is 4.29. The van der Waals surface area contributed by atoms with Crippen molar-refractivity contribution in [3.8, 4) is 11.5 Å². The van der Waals surface area contributed by atoms with Gasteiger partial charge in [-0.3, -0.25) is 0 Å². The molecule has 10 nitrogen and oxygen atoms in total. The van der Waals surface area contributed by atoms with E-state index in [1.165, 1.54) is 11.8 Å². The summed E-state index contributed by atoms with van der Waals surface area (Å²) in [7, 11) is 0. The summed E-state index contributed by atoms with van der Waals surface area (Å²) in [4.78, 5) is 23.7. The number of fused-ring (bicyclic) bond motifs is 1. The monoisotopic (exact) mass is 418 g/mol. The zero-order valence-electron chi connectivity index (χ0n) is 15.5. The summed E-state index contributed by atoms with van der Waals surface area (Å²) in [5.41, 5.74) is 0.808. The number of urea groups is 1. The van der Waals surface area contributed by atoms with Gasteiger partial charge in [-0.15, -0.1) is 10.2 Å². The number of amides is 2. The van der Waals surface area contributed by atoms with E-state index >= 15 is 0 Å². The molecule has 1 aromatic heterocycles. The molecule has 0 aliphatic carbocycles. The first-order valence-corrected chi connectivity index (χ1v) is 9.91. The maximum atomic E-state index is 12.1. The number of ether oxygens (including phenoxy) is 3. The van der Waals surface area contributed by atoms with Gasteiger partial charge in [-0.2, -0.15) is 0 Å². The van der Waals surface area contributed by atoms with Gasteiger partial charge in [0.1, 0.15) is 6.61 Å². The fourth-order valence-electron chi connectivity index (χ4n) is 2.75. The highest BCUT2D eigenvalue weighted by atomic mass is 32.2. The van der Waals surface area contributed by atoms with E-state index in [0.29, 0.717) is 22.8 Å². The lowest BCUT2D eigenvalue weighted by molar-refractivity contribution is -0.138. The third-order valence-electron chi connectivity index (χ3n) is 4.12. The molecule has 0 fully saturated rings. The number of hydrogen-bond acceptors (Lipinski definition) is 9. The second kappa shape index (κ2) is 8.43. The number of esters is 1. The van der Waals surface area contributed by atoms with Crippen LogP contribution in [0, 0.1) is 0 Å². The first kappa shape index (κ1) is 19.1. The molecule has 3 heterocycles. The van der Waals surface area contributed by atoms with Crippen molar-refractivity contribution in [1.29, 1.82) is 0 Å². The summed E-state index contributed by atoms with van der Waals surface area (Å²) in [6, 6.07) is 6.95. The van der Waals surface area contributed by atoms with E-state index in [9.17, 15) is 9.59 Å².